The molecule has 0 bridgehead atoms. The lowest BCUT2D eigenvalue weighted by molar-refractivity contribution is -0.140. The van der Waals surface area contributed by atoms with Crippen molar-refractivity contribution in [2.45, 2.75) is 127 Å². The van der Waals surface area contributed by atoms with Crippen molar-refractivity contribution in [1.29, 1.82) is 0 Å². The highest BCUT2D eigenvalue weighted by atomic mass is 32.2. The van der Waals surface area contributed by atoms with Crippen LogP contribution in [0, 0.1) is 5.92 Å². The molecule has 0 heterocycles. The van der Waals surface area contributed by atoms with Crippen molar-refractivity contribution < 1.29 is 24.5 Å². The Labute approximate surface area is 206 Å². The van der Waals surface area contributed by atoms with Gasteiger partial charge in [0.15, 0.2) is 0 Å². The molecule has 1 aliphatic rings. The van der Waals surface area contributed by atoms with E-state index in [1.165, 1.54) is 83.3 Å². The number of esters is 1. The molecule has 192 valence electrons. The summed E-state index contributed by atoms with van der Waals surface area (Å²) < 4.78 is 4.73. The molecule has 2 N–H and O–H groups in total. The van der Waals surface area contributed by atoms with Crippen LogP contribution in [0.5, 0.6) is 0 Å². The number of carbonyl (C=O) groups excluding carboxylic acids is 1. The van der Waals surface area contributed by atoms with Crippen molar-refractivity contribution >= 4 is 23.7 Å². The van der Waals surface area contributed by atoms with Gasteiger partial charge in [0, 0.05) is 12.2 Å². The molecule has 5 nitrogen and oxygen atoms in total. The van der Waals surface area contributed by atoms with Crippen LogP contribution in [-0.4, -0.2) is 46.4 Å². The number of carboxylic acids is 1. The molecular weight excluding hydrogens is 436 g/mol. The van der Waals surface area contributed by atoms with E-state index < -0.39 is 12.1 Å². The molecule has 0 spiro atoms. The lowest BCUT2D eigenvalue weighted by Crippen LogP contribution is -2.37. The number of methoxy groups -OCH3 is 1. The number of allylic oxidation sites excluding steroid dienone is 1. The lowest BCUT2D eigenvalue weighted by atomic mass is 9.80. The molecule has 3 atom stereocenters. The second kappa shape index (κ2) is 19.3. The number of aliphatic hydroxyl groups is 1. The molecule has 0 saturated heterocycles. The first-order chi connectivity index (χ1) is 16.0. The van der Waals surface area contributed by atoms with Gasteiger partial charge in [-0.05, 0) is 38.0 Å². The van der Waals surface area contributed by atoms with E-state index in [0.29, 0.717) is 18.6 Å². The third-order valence-electron chi connectivity index (χ3n) is 6.74. The maximum absolute atomic E-state index is 11.5. The van der Waals surface area contributed by atoms with Crippen LogP contribution in [0.15, 0.2) is 11.6 Å². The first kappa shape index (κ1) is 30.0. The molecule has 1 saturated carbocycles. The Bertz CT molecular complexity index is 563. The number of carbonyl (C=O) groups is 2. The number of hydrogen-bond acceptors (Lipinski definition) is 5. The SMILES string of the molecule is CCCCCCCCCCCCCC=C1CCC(CCC(=O)O)C(O)C1SCCC(=O)OC. The van der Waals surface area contributed by atoms with E-state index in [9.17, 15) is 14.7 Å². The Morgan fingerprint density at radius 1 is 1.00 bits per heavy atom. The summed E-state index contributed by atoms with van der Waals surface area (Å²) in [5.41, 5.74) is 1.27. The quantitative estimate of drug-likeness (QED) is 0.118. The van der Waals surface area contributed by atoms with E-state index in [4.69, 9.17) is 9.84 Å². The number of carboxylic acid groups (broad SMARTS) is 1. The van der Waals surface area contributed by atoms with Gasteiger partial charge in [0.1, 0.15) is 0 Å². The van der Waals surface area contributed by atoms with Crippen LogP contribution in [0.4, 0.5) is 0 Å². The van der Waals surface area contributed by atoms with Gasteiger partial charge in [-0.3, -0.25) is 9.59 Å². The van der Waals surface area contributed by atoms with Gasteiger partial charge in [-0.15, -0.1) is 0 Å². The average Bonchev–Trinajstić information content (AvgIpc) is 2.80. The normalized spacial score (nSPS) is 21.9. The summed E-state index contributed by atoms with van der Waals surface area (Å²) in [4.78, 5) is 22.4. The second-order valence-electron chi connectivity index (χ2n) is 9.44. The van der Waals surface area contributed by atoms with Crippen LogP contribution in [0.25, 0.3) is 0 Å². The van der Waals surface area contributed by atoms with E-state index in [-0.39, 0.29) is 23.6 Å². The van der Waals surface area contributed by atoms with Crippen molar-refractivity contribution in [3.8, 4) is 0 Å². The molecule has 0 amide bonds. The van der Waals surface area contributed by atoms with Gasteiger partial charge in [0.2, 0.25) is 0 Å². The zero-order valence-corrected chi connectivity index (χ0v) is 21.9. The molecular formula is C27H48O5S. The van der Waals surface area contributed by atoms with Crippen LogP contribution in [-0.2, 0) is 14.3 Å². The maximum Gasteiger partial charge on any atom is 0.306 e. The Balaban J connectivity index is 2.37. The van der Waals surface area contributed by atoms with Crippen molar-refractivity contribution in [3.05, 3.63) is 11.6 Å². The monoisotopic (exact) mass is 484 g/mol. The summed E-state index contributed by atoms with van der Waals surface area (Å²) in [5, 5.41) is 19.9. The number of aliphatic carboxylic acids is 1. The van der Waals surface area contributed by atoms with Gasteiger partial charge < -0.3 is 14.9 Å². The Hall–Kier alpha value is -1.01. The summed E-state index contributed by atoms with van der Waals surface area (Å²) >= 11 is 1.61. The summed E-state index contributed by atoms with van der Waals surface area (Å²) in [5.74, 6) is -0.428. The summed E-state index contributed by atoms with van der Waals surface area (Å²) in [6.45, 7) is 2.26. The minimum Gasteiger partial charge on any atom is -0.481 e. The highest BCUT2D eigenvalue weighted by Crippen LogP contribution is 2.39. The Morgan fingerprint density at radius 3 is 2.18 bits per heavy atom. The van der Waals surface area contributed by atoms with E-state index in [2.05, 4.69) is 13.0 Å². The van der Waals surface area contributed by atoms with Crippen LogP contribution in [0.3, 0.4) is 0 Å². The number of rotatable bonds is 19. The van der Waals surface area contributed by atoms with Crippen molar-refractivity contribution in [2.75, 3.05) is 12.9 Å². The smallest absolute Gasteiger partial charge is 0.306 e. The fourth-order valence-corrected chi connectivity index (χ4v) is 6.03. The lowest BCUT2D eigenvalue weighted by Gasteiger charge is -2.36. The summed E-state index contributed by atoms with van der Waals surface area (Å²) in [6, 6.07) is 0. The van der Waals surface area contributed by atoms with E-state index in [0.717, 1.165) is 19.3 Å². The molecule has 0 aromatic carbocycles. The van der Waals surface area contributed by atoms with E-state index in [1.54, 1.807) is 11.8 Å². The minimum atomic E-state index is -0.810. The highest BCUT2D eigenvalue weighted by Gasteiger charge is 2.35. The number of ether oxygens (including phenoxy) is 1. The predicted molar refractivity (Wildman–Crippen MR) is 138 cm³/mol. The van der Waals surface area contributed by atoms with Crippen molar-refractivity contribution in [3.63, 3.8) is 0 Å². The van der Waals surface area contributed by atoms with Gasteiger partial charge >= 0.3 is 11.9 Å². The first-order valence-electron chi connectivity index (χ1n) is 13.3. The molecule has 0 aliphatic heterocycles. The summed E-state index contributed by atoms with van der Waals surface area (Å²) in [6.07, 6.45) is 20.1. The first-order valence-corrected chi connectivity index (χ1v) is 14.3. The fourth-order valence-electron chi connectivity index (χ4n) is 4.65. The molecule has 33 heavy (non-hydrogen) atoms. The third kappa shape index (κ3) is 14.1. The average molecular weight is 485 g/mol. The van der Waals surface area contributed by atoms with Crippen LogP contribution in [0.2, 0.25) is 0 Å². The van der Waals surface area contributed by atoms with Gasteiger partial charge in [-0.1, -0.05) is 82.8 Å². The topological polar surface area (TPSA) is 83.8 Å². The van der Waals surface area contributed by atoms with Crippen LogP contribution < -0.4 is 0 Å². The molecule has 1 fully saturated rings. The number of unbranched alkanes of at least 4 members (excludes halogenated alkanes) is 11. The molecule has 1 rings (SSSR count). The van der Waals surface area contributed by atoms with Gasteiger partial charge in [-0.2, -0.15) is 11.8 Å². The van der Waals surface area contributed by atoms with Gasteiger partial charge in [0.25, 0.3) is 0 Å². The van der Waals surface area contributed by atoms with E-state index >= 15 is 0 Å². The molecule has 0 radical (unpaired) electrons. The van der Waals surface area contributed by atoms with Crippen molar-refractivity contribution in [2.24, 2.45) is 5.92 Å². The third-order valence-corrected chi connectivity index (χ3v) is 8.12. The van der Waals surface area contributed by atoms with Crippen molar-refractivity contribution in [1.82, 2.24) is 0 Å². The zero-order chi connectivity index (χ0) is 24.3. The van der Waals surface area contributed by atoms with Gasteiger partial charge in [0.05, 0.1) is 24.9 Å². The minimum absolute atomic E-state index is 0.0100. The zero-order valence-electron chi connectivity index (χ0n) is 21.1. The standard InChI is InChI=1S/C27H48O5S/c1-3-4-5-6-7-8-9-10-11-12-13-14-15-23-17-16-22(18-19-24(28)29)26(31)27(23)33-21-20-25(30)32-2/h15,22,26-27,31H,3-14,16-21H2,1-2H3,(H,28,29). The Morgan fingerprint density at radius 2 is 1.61 bits per heavy atom. The van der Waals surface area contributed by atoms with E-state index in [1.807, 2.05) is 0 Å². The van der Waals surface area contributed by atoms with Crippen LogP contribution >= 0.6 is 11.8 Å². The number of hydrogen-bond donors (Lipinski definition) is 2. The highest BCUT2D eigenvalue weighted by molar-refractivity contribution is 8.00. The van der Waals surface area contributed by atoms with Gasteiger partial charge in [-0.25, -0.2) is 0 Å². The fraction of sp³-hybridized carbons (Fsp3) is 0.852. The predicted octanol–water partition coefficient (Wildman–Crippen LogP) is 6.91. The maximum atomic E-state index is 11.5. The number of aliphatic hydroxyl groups excluding tert-OH is 1. The molecule has 6 heteroatoms. The summed E-state index contributed by atoms with van der Waals surface area (Å²) in [7, 11) is 1.39. The van der Waals surface area contributed by atoms with Crippen LogP contribution in [0.1, 0.15) is 116 Å². The Kier molecular flexibility index (Phi) is 17.6. The molecule has 3 unspecified atom stereocenters. The molecule has 1 aliphatic carbocycles. The molecule has 0 aromatic rings. The largest absolute Gasteiger partial charge is 0.481 e. The number of thioether (sulfide) groups is 1. The second-order valence-corrected chi connectivity index (χ2v) is 10.7. The molecule has 0 aromatic heterocycles.